The molecular weight excluding hydrogens is 522 g/mol. The van der Waals surface area contributed by atoms with Crippen LogP contribution >= 0.6 is 11.8 Å². The van der Waals surface area contributed by atoms with Crippen LogP contribution in [0.25, 0.3) is 6.08 Å². The first-order chi connectivity index (χ1) is 19.4. The SMILES string of the molecule is CN(C)c1ccc(/C=C(\NC(=O)c2ccccc2)C(=O)Nc2ccc(SCC(=O)Nc3ccccn3)cc2)cc1. The van der Waals surface area contributed by atoms with Gasteiger partial charge in [0.15, 0.2) is 0 Å². The third-order valence-electron chi connectivity index (χ3n) is 5.66. The summed E-state index contributed by atoms with van der Waals surface area (Å²) in [7, 11) is 3.90. The van der Waals surface area contributed by atoms with Crippen molar-refractivity contribution in [2.45, 2.75) is 4.90 Å². The van der Waals surface area contributed by atoms with E-state index in [-0.39, 0.29) is 23.3 Å². The quantitative estimate of drug-likeness (QED) is 0.183. The number of nitrogens with one attached hydrogen (secondary N) is 3. The van der Waals surface area contributed by atoms with Crippen molar-refractivity contribution in [3.05, 3.63) is 120 Å². The molecule has 0 spiro atoms. The lowest BCUT2D eigenvalue weighted by atomic mass is 10.1. The molecular formula is C31H29N5O3S. The van der Waals surface area contributed by atoms with E-state index in [1.54, 1.807) is 66.9 Å². The van der Waals surface area contributed by atoms with Crippen LogP contribution in [0.3, 0.4) is 0 Å². The number of benzene rings is 3. The van der Waals surface area contributed by atoms with Crippen LogP contribution in [0.2, 0.25) is 0 Å². The summed E-state index contributed by atoms with van der Waals surface area (Å²) in [5, 5.41) is 8.34. The minimum absolute atomic E-state index is 0.108. The Morgan fingerprint density at radius 2 is 1.52 bits per heavy atom. The third-order valence-corrected chi connectivity index (χ3v) is 6.68. The van der Waals surface area contributed by atoms with Crippen LogP contribution in [-0.4, -0.2) is 42.6 Å². The minimum atomic E-state index is -0.462. The van der Waals surface area contributed by atoms with Crippen molar-refractivity contribution < 1.29 is 14.4 Å². The van der Waals surface area contributed by atoms with Crippen LogP contribution in [0.1, 0.15) is 15.9 Å². The Morgan fingerprint density at radius 1 is 0.825 bits per heavy atom. The number of nitrogens with zero attached hydrogens (tertiary/aromatic N) is 2. The van der Waals surface area contributed by atoms with Crippen LogP contribution in [-0.2, 0) is 9.59 Å². The summed E-state index contributed by atoms with van der Waals surface area (Å²) >= 11 is 1.37. The fraction of sp³-hybridized carbons (Fsp3) is 0.0968. The van der Waals surface area contributed by atoms with E-state index >= 15 is 0 Å². The maximum Gasteiger partial charge on any atom is 0.272 e. The van der Waals surface area contributed by atoms with Gasteiger partial charge in [-0.25, -0.2) is 4.98 Å². The minimum Gasteiger partial charge on any atom is -0.378 e. The summed E-state index contributed by atoms with van der Waals surface area (Å²) in [5.41, 5.74) is 2.88. The second kappa shape index (κ2) is 13.8. The number of pyridine rings is 1. The van der Waals surface area contributed by atoms with Gasteiger partial charge in [0.1, 0.15) is 11.5 Å². The van der Waals surface area contributed by atoms with E-state index in [0.717, 1.165) is 16.1 Å². The molecule has 3 amide bonds. The average Bonchev–Trinajstić information content (AvgIpc) is 2.97. The van der Waals surface area contributed by atoms with Gasteiger partial charge in [0, 0.05) is 42.1 Å². The number of rotatable bonds is 10. The van der Waals surface area contributed by atoms with Gasteiger partial charge in [-0.2, -0.15) is 0 Å². The number of thioether (sulfide) groups is 1. The second-order valence-electron chi connectivity index (χ2n) is 8.89. The molecule has 1 aromatic heterocycles. The fourth-order valence-electron chi connectivity index (χ4n) is 3.58. The molecule has 0 saturated carbocycles. The van der Waals surface area contributed by atoms with E-state index < -0.39 is 5.91 Å². The normalized spacial score (nSPS) is 10.9. The van der Waals surface area contributed by atoms with Crippen LogP contribution in [0.5, 0.6) is 0 Å². The Labute approximate surface area is 237 Å². The van der Waals surface area contributed by atoms with Crippen molar-refractivity contribution in [2.75, 3.05) is 35.4 Å². The van der Waals surface area contributed by atoms with Gasteiger partial charge in [0.25, 0.3) is 11.8 Å². The van der Waals surface area contributed by atoms with E-state index in [4.69, 9.17) is 0 Å². The Bertz CT molecular complexity index is 1470. The van der Waals surface area contributed by atoms with Gasteiger partial charge in [-0.05, 0) is 72.3 Å². The largest absolute Gasteiger partial charge is 0.378 e. The van der Waals surface area contributed by atoms with E-state index in [1.807, 2.05) is 61.5 Å². The zero-order valence-corrected chi connectivity index (χ0v) is 22.9. The molecule has 4 rings (SSSR count). The molecule has 0 fully saturated rings. The maximum atomic E-state index is 13.3. The molecule has 0 atom stereocenters. The molecule has 1 heterocycles. The summed E-state index contributed by atoms with van der Waals surface area (Å²) in [4.78, 5) is 45.2. The smallest absolute Gasteiger partial charge is 0.272 e. The Hall–Kier alpha value is -4.89. The van der Waals surface area contributed by atoms with Gasteiger partial charge in [0.2, 0.25) is 5.91 Å². The molecule has 9 heteroatoms. The topological polar surface area (TPSA) is 103 Å². The molecule has 0 aliphatic rings. The summed E-state index contributed by atoms with van der Waals surface area (Å²) in [6, 6.07) is 28.8. The summed E-state index contributed by atoms with van der Waals surface area (Å²) in [6.07, 6.45) is 3.25. The molecule has 3 N–H and O–H groups in total. The number of anilines is 3. The molecule has 202 valence electrons. The highest BCUT2D eigenvalue weighted by atomic mass is 32.2. The second-order valence-corrected chi connectivity index (χ2v) is 9.94. The van der Waals surface area contributed by atoms with Gasteiger partial charge in [-0.15, -0.1) is 11.8 Å². The summed E-state index contributed by atoms with van der Waals surface area (Å²) < 4.78 is 0. The molecule has 0 aliphatic heterocycles. The maximum absolute atomic E-state index is 13.3. The van der Waals surface area contributed by atoms with Crippen molar-refractivity contribution >= 4 is 52.8 Å². The lowest BCUT2D eigenvalue weighted by Crippen LogP contribution is -2.30. The number of aromatic nitrogens is 1. The van der Waals surface area contributed by atoms with E-state index in [0.29, 0.717) is 17.1 Å². The highest BCUT2D eigenvalue weighted by Crippen LogP contribution is 2.21. The van der Waals surface area contributed by atoms with Crippen LogP contribution in [0, 0.1) is 0 Å². The first-order valence-corrected chi connectivity index (χ1v) is 13.5. The zero-order chi connectivity index (χ0) is 28.3. The predicted molar refractivity (Wildman–Crippen MR) is 161 cm³/mol. The molecule has 0 radical (unpaired) electrons. The lowest BCUT2D eigenvalue weighted by Gasteiger charge is -2.13. The van der Waals surface area contributed by atoms with Crippen LogP contribution in [0.4, 0.5) is 17.2 Å². The van der Waals surface area contributed by atoms with Gasteiger partial charge in [-0.3, -0.25) is 14.4 Å². The lowest BCUT2D eigenvalue weighted by molar-refractivity contribution is -0.114. The van der Waals surface area contributed by atoms with Gasteiger partial charge in [0.05, 0.1) is 5.75 Å². The van der Waals surface area contributed by atoms with Crippen molar-refractivity contribution in [3.8, 4) is 0 Å². The number of hydrogen-bond donors (Lipinski definition) is 3. The Morgan fingerprint density at radius 3 is 2.17 bits per heavy atom. The van der Waals surface area contributed by atoms with E-state index in [1.165, 1.54) is 11.8 Å². The van der Waals surface area contributed by atoms with Crippen molar-refractivity contribution in [2.24, 2.45) is 0 Å². The Kier molecular flexibility index (Phi) is 9.68. The monoisotopic (exact) mass is 551 g/mol. The Balaban J connectivity index is 1.43. The van der Waals surface area contributed by atoms with Crippen molar-refractivity contribution in [1.29, 1.82) is 0 Å². The molecule has 0 bridgehead atoms. The van der Waals surface area contributed by atoms with Gasteiger partial charge < -0.3 is 20.9 Å². The van der Waals surface area contributed by atoms with Gasteiger partial charge in [-0.1, -0.05) is 36.4 Å². The number of hydrogen-bond acceptors (Lipinski definition) is 6. The van der Waals surface area contributed by atoms with Crippen molar-refractivity contribution in [1.82, 2.24) is 10.3 Å². The van der Waals surface area contributed by atoms with Crippen molar-refractivity contribution in [3.63, 3.8) is 0 Å². The van der Waals surface area contributed by atoms with Crippen LogP contribution < -0.4 is 20.9 Å². The van der Waals surface area contributed by atoms with E-state index in [9.17, 15) is 14.4 Å². The van der Waals surface area contributed by atoms with Gasteiger partial charge >= 0.3 is 0 Å². The highest BCUT2D eigenvalue weighted by molar-refractivity contribution is 8.00. The molecule has 0 unspecified atom stereocenters. The van der Waals surface area contributed by atoms with Crippen LogP contribution in [0.15, 0.2) is 114 Å². The predicted octanol–water partition coefficient (Wildman–Crippen LogP) is 5.29. The number of carbonyl (C=O) groups excluding carboxylic acids is 3. The molecule has 40 heavy (non-hydrogen) atoms. The first kappa shape index (κ1) is 28.1. The standard InChI is InChI=1S/C31H29N5O3S/c1-36(2)25-15-11-22(12-16-25)20-27(34-30(38)23-8-4-3-5-9-23)31(39)33-24-13-17-26(18-14-24)40-21-29(37)35-28-10-6-7-19-32-28/h3-20H,21H2,1-2H3,(H,33,39)(H,34,38)(H,32,35,37)/b27-20-. The van der Waals surface area contributed by atoms with E-state index in [2.05, 4.69) is 20.9 Å². The fourth-order valence-corrected chi connectivity index (χ4v) is 4.27. The molecule has 0 saturated heterocycles. The molecule has 0 aliphatic carbocycles. The third kappa shape index (κ3) is 8.31. The summed E-state index contributed by atoms with van der Waals surface area (Å²) in [6.45, 7) is 0. The molecule has 4 aromatic rings. The number of carbonyl (C=O) groups is 3. The number of amides is 3. The molecule has 8 nitrogen and oxygen atoms in total. The average molecular weight is 552 g/mol. The summed E-state index contributed by atoms with van der Waals surface area (Å²) in [5.74, 6) is -0.293. The molecule has 3 aromatic carbocycles. The highest BCUT2D eigenvalue weighted by Gasteiger charge is 2.15. The first-order valence-electron chi connectivity index (χ1n) is 12.5. The zero-order valence-electron chi connectivity index (χ0n) is 22.1.